The van der Waals surface area contributed by atoms with Crippen molar-refractivity contribution >= 4 is 11.6 Å². The van der Waals surface area contributed by atoms with E-state index in [1.807, 2.05) is 23.7 Å². The van der Waals surface area contributed by atoms with Gasteiger partial charge in [0.25, 0.3) is 0 Å². The standard InChI is InChI=1S/C16H22N4O/c1-10(2)20-12(4)15(11(3)19-20)18-9-13-5-7-14(8-6-13)16(17)21/h5-8,10,18H,9H2,1-4H3,(H2,17,21). The number of primary amides is 1. The van der Waals surface area contributed by atoms with Crippen LogP contribution in [0.25, 0.3) is 0 Å². The number of nitrogens with one attached hydrogen (secondary N) is 1. The first kappa shape index (κ1) is 15.1. The van der Waals surface area contributed by atoms with Gasteiger partial charge in [-0.25, -0.2) is 0 Å². The fourth-order valence-electron chi connectivity index (χ4n) is 2.40. The molecule has 5 heteroatoms. The van der Waals surface area contributed by atoms with Crippen LogP contribution >= 0.6 is 0 Å². The van der Waals surface area contributed by atoms with Crippen LogP contribution in [0, 0.1) is 13.8 Å². The molecule has 2 rings (SSSR count). The van der Waals surface area contributed by atoms with Gasteiger partial charge in [-0.3, -0.25) is 9.48 Å². The average Bonchev–Trinajstić information content (AvgIpc) is 2.72. The van der Waals surface area contributed by atoms with Gasteiger partial charge in [-0.2, -0.15) is 5.10 Å². The molecule has 3 N–H and O–H groups in total. The summed E-state index contributed by atoms with van der Waals surface area (Å²) in [6, 6.07) is 7.65. The van der Waals surface area contributed by atoms with E-state index in [4.69, 9.17) is 5.73 Å². The first-order valence-electron chi connectivity index (χ1n) is 7.08. The Morgan fingerprint density at radius 3 is 2.38 bits per heavy atom. The number of benzene rings is 1. The van der Waals surface area contributed by atoms with E-state index >= 15 is 0 Å². The number of amides is 1. The first-order chi connectivity index (χ1) is 9.90. The zero-order chi connectivity index (χ0) is 15.6. The van der Waals surface area contributed by atoms with Crippen LogP contribution in [-0.2, 0) is 6.54 Å². The SMILES string of the molecule is Cc1nn(C(C)C)c(C)c1NCc1ccc(C(N)=O)cc1. The van der Waals surface area contributed by atoms with Crippen molar-refractivity contribution in [1.29, 1.82) is 0 Å². The van der Waals surface area contributed by atoms with Gasteiger partial charge in [0.05, 0.1) is 17.1 Å². The second-order valence-electron chi connectivity index (χ2n) is 5.50. The number of hydrogen-bond acceptors (Lipinski definition) is 3. The van der Waals surface area contributed by atoms with Gasteiger partial charge in [0.15, 0.2) is 0 Å². The maximum atomic E-state index is 11.0. The lowest BCUT2D eigenvalue weighted by molar-refractivity contribution is 0.100. The van der Waals surface area contributed by atoms with Crippen LogP contribution in [-0.4, -0.2) is 15.7 Å². The summed E-state index contributed by atoms with van der Waals surface area (Å²) in [5, 5.41) is 7.97. The smallest absolute Gasteiger partial charge is 0.248 e. The molecule has 0 unspecified atom stereocenters. The first-order valence-corrected chi connectivity index (χ1v) is 7.08. The Morgan fingerprint density at radius 1 is 1.29 bits per heavy atom. The van der Waals surface area contributed by atoms with E-state index in [0.717, 1.165) is 22.6 Å². The van der Waals surface area contributed by atoms with Crippen molar-refractivity contribution in [2.75, 3.05) is 5.32 Å². The van der Waals surface area contributed by atoms with E-state index in [1.54, 1.807) is 12.1 Å². The maximum Gasteiger partial charge on any atom is 0.248 e. The van der Waals surface area contributed by atoms with Crippen molar-refractivity contribution < 1.29 is 4.79 Å². The number of nitrogens with two attached hydrogens (primary N) is 1. The van der Waals surface area contributed by atoms with Gasteiger partial charge in [-0.1, -0.05) is 12.1 Å². The predicted octanol–water partition coefficient (Wildman–Crippen LogP) is 2.79. The van der Waals surface area contributed by atoms with Crippen molar-refractivity contribution in [3.63, 3.8) is 0 Å². The fourth-order valence-corrected chi connectivity index (χ4v) is 2.40. The second-order valence-corrected chi connectivity index (χ2v) is 5.50. The number of aryl methyl sites for hydroxylation is 1. The Bertz CT molecular complexity index is 641. The molecule has 0 aliphatic heterocycles. The lowest BCUT2D eigenvalue weighted by Crippen LogP contribution is -2.11. The summed E-state index contributed by atoms with van der Waals surface area (Å²) in [6.07, 6.45) is 0. The summed E-state index contributed by atoms with van der Waals surface area (Å²) in [4.78, 5) is 11.0. The molecule has 112 valence electrons. The molecule has 0 atom stereocenters. The zero-order valence-electron chi connectivity index (χ0n) is 13.0. The van der Waals surface area contributed by atoms with E-state index in [9.17, 15) is 4.79 Å². The Kier molecular flexibility index (Phi) is 4.31. The number of carbonyl (C=O) groups excluding carboxylic acids is 1. The predicted molar refractivity (Wildman–Crippen MR) is 84.4 cm³/mol. The van der Waals surface area contributed by atoms with Crippen LogP contribution in [0.1, 0.15) is 47.2 Å². The molecule has 0 saturated carbocycles. The quantitative estimate of drug-likeness (QED) is 0.887. The largest absolute Gasteiger partial charge is 0.378 e. The third-order valence-corrected chi connectivity index (χ3v) is 3.52. The van der Waals surface area contributed by atoms with E-state index in [1.165, 1.54) is 0 Å². The van der Waals surface area contributed by atoms with E-state index in [-0.39, 0.29) is 0 Å². The molecule has 1 amide bonds. The number of rotatable bonds is 5. The number of hydrogen-bond donors (Lipinski definition) is 2. The van der Waals surface area contributed by atoms with Crippen LogP contribution < -0.4 is 11.1 Å². The molecule has 0 bridgehead atoms. The van der Waals surface area contributed by atoms with Gasteiger partial charge in [0.1, 0.15) is 0 Å². The fraction of sp³-hybridized carbons (Fsp3) is 0.375. The Labute approximate surface area is 125 Å². The van der Waals surface area contributed by atoms with Gasteiger partial charge >= 0.3 is 0 Å². The van der Waals surface area contributed by atoms with Crippen molar-refractivity contribution in [1.82, 2.24) is 9.78 Å². The second kappa shape index (κ2) is 5.99. The summed E-state index contributed by atoms with van der Waals surface area (Å²) >= 11 is 0. The molecule has 1 heterocycles. The van der Waals surface area contributed by atoms with Gasteiger partial charge < -0.3 is 11.1 Å². The highest BCUT2D eigenvalue weighted by Crippen LogP contribution is 2.23. The van der Waals surface area contributed by atoms with Crippen LogP contribution in [0.3, 0.4) is 0 Å². The van der Waals surface area contributed by atoms with Gasteiger partial charge in [0, 0.05) is 18.2 Å². The average molecular weight is 286 g/mol. The molecule has 1 aromatic heterocycles. The Morgan fingerprint density at radius 2 is 1.90 bits per heavy atom. The summed E-state index contributed by atoms with van der Waals surface area (Å²) in [5.41, 5.74) is 10.1. The topological polar surface area (TPSA) is 72.9 Å². The molecule has 1 aromatic carbocycles. The maximum absolute atomic E-state index is 11.0. The Balaban J connectivity index is 2.11. The van der Waals surface area contributed by atoms with Crippen molar-refractivity contribution in [3.8, 4) is 0 Å². The van der Waals surface area contributed by atoms with E-state index in [0.29, 0.717) is 18.2 Å². The van der Waals surface area contributed by atoms with Crippen molar-refractivity contribution in [2.45, 2.75) is 40.3 Å². The van der Waals surface area contributed by atoms with Crippen LogP contribution in [0.4, 0.5) is 5.69 Å². The van der Waals surface area contributed by atoms with Gasteiger partial charge in [-0.15, -0.1) is 0 Å². The molecule has 0 radical (unpaired) electrons. The molecule has 0 aliphatic rings. The number of anilines is 1. The summed E-state index contributed by atoms with van der Waals surface area (Å²) in [5.74, 6) is -0.403. The minimum absolute atomic E-state index is 0.342. The van der Waals surface area contributed by atoms with Crippen LogP contribution in [0.2, 0.25) is 0 Å². The molecule has 0 spiro atoms. The minimum Gasteiger partial charge on any atom is -0.378 e. The van der Waals surface area contributed by atoms with Gasteiger partial charge in [-0.05, 0) is 45.4 Å². The number of nitrogens with zero attached hydrogens (tertiary/aromatic N) is 2. The third kappa shape index (κ3) is 3.24. The highest BCUT2D eigenvalue weighted by molar-refractivity contribution is 5.92. The van der Waals surface area contributed by atoms with Crippen molar-refractivity contribution in [3.05, 3.63) is 46.8 Å². The molecule has 5 nitrogen and oxygen atoms in total. The van der Waals surface area contributed by atoms with Crippen LogP contribution in [0.15, 0.2) is 24.3 Å². The normalized spacial score (nSPS) is 10.9. The molecular weight excluding hydrogens is 264 g/mol. The third-order valence-electron chi connectivity index (χ3n) is 3.52. The summed E-state index contributed by atoms with van der Waals surface area (Å²) in [7, 11) is 0. The highest BCUT2D eigenvalue weighted by Gasteiger charge is 2.12. The summed E-state index contributed by atoms with van der Waals surface area (Å²) < 4.78 is 2.02. The summed E-state index contributed by atoms with van der Waals surface area (Å²) in [6.45, 7) is 8.99. The zero-order valence-corrected chi connectivity index (χ0v) is 13.0. The molecular formula is C16H22N4O. The molecule has 0 fully saturated rings. The highest BCUT2D eigenvalue weighted by atomic mass is 16.1. The molecule has 2 aromatic rings. The minimum atomic E-state index is -0.403. The monoisotopic (exact) mass is 286 g/mol. The molecule has 0 aliphatic carbocycles. The van der Waals surface area contributed by atoms with Crippen LogP contribution in [0.5, 0.6) is 0 Å². The lowest BCUT2D eigenvalue weighted by Gasteiger charge is -2.10. The van der Waals surface area contributed by atoms with Gasteiger partial charge in [0.2, 0.25) is 5.91 Å². The molecule has 21 heavy (non-hydrogen) atoms. The number of aromatic nitrogens is 2. The Hall–Kier alpha value is -2.30. The van der Waals surface area contributed by atoms with E-state index < -0.39 is 5.91 Å². The van der Waals surface area contributed by atoms with E-state index in [2.05, 4.69) is 31.2 Å². The number of carbonyl (C=O) groups is 1. The van der Waals surface area contributed by atoms with Crippen molar-refractivity contribution in [2.24, 2.45) is 5.73 Å². The lowest BCUT2D eigenvalue weighted by atomic mass is 10.1. The molecule has 0 saturated heterocycles.